The van der Waals surface area contributed by atoms with Crippen LogP contribution in [0.5, 0.6) is 5.75 Å². The molecule has 3 aliphatic heterocycles. The summed E-state index contributed by atoms with van der Waals surface area (Å²) < 4.78 is 65.6. The third-order valence-corrected chi connectivity index (χ3v) is 6.66. The largest absolute Gasteiger partial charge is 0.487 e. The molecule has 5 heterocycles. The van der Waals surface area contributed by atoms with Crippen LogP contribution in [0.2, 0.25) is 0 Å². The lowest BCUT2D eigenvalue weighted by atomic mass is 9.93. The molecule has 1 fully saturated rings. The molecule has 1 aromatic carbocycles. The van der Waals surface area contributed by atoms with Crippen LogP contribution in [0.15, 0.2) is 24.4 Å². The highest BCUT2D eigenvalue weighted by atomic mass is 19.4. The van der Waals surface area contributed by atoms with Gasteiger partial charge in [0.25, 0.3) is 5.91 Å². The van der Waals surface area contributed by atoms with Gasteiger partial charge in [0.15, 0.2) is 0 Å². The fourth-order valence-corrected chi connectivity index (χ4v) is 5.10. The standard InChI is InChI=1S/C23H18F4N4O3/c24-14-4-10(23(25,26)27)5-18-19(14)20-17(34-18)2-1-3-31(20)22(32)15-6-11-12-8-33-9-13(12)21(28)30-16(11)7-29-15/h4-7,17,20H,1-3,8-9H2,(H2,28,30). The first-order valence-corrected chi connectivity index (χ1v) is 10.8. The van der Waals surface area contributed by atoms with Crippen LogP contribution < -0.4 is 10.5 Å². The predicted molar refractivity (Wildman–Crippen MR) is 111 cm³/mol. The van der Waals surface area contributed by atoms with E-state index in [0.717, 1.165) is 17.2 Å². The van der Waals surface area contributed by atoms with E-state index in [1.54, 1.807) is 6.07 Å². The van der Waals surface area contributed by atoms with E-state index in [1.165, 1.54) is 11.1 Å². The second-order valence-electron chi connectivity index (χ2n) is 8.64. The zero-order valence-corrected chi connectivity index (χ0v) is 17.7. The first kappa shape index (κ1) is 21.1. The number of piperidine rings is 1. The number of aromatic nitrogens is 2. The van der Waals surface area contributed by atoms with Crippen LogP contribution >= 0.6 is 0 Å². The van der Waals surface area contributed by atoms with Crippen molar-refractivity contribution in [3.05, 3.63) is 58.2 Å². The van der Waals surface area contributed by atoms with Crippen LogP contribution in [0, 0.1) is 5.82 Å². The summed E-state index contributed by atoms with van der Waals surface area (Å²) in [5.41, 5.74) is 7.10. The van der Waals surface area contributed by atoms with Crippen molar-refractivity contribution in [3.8, 4) is 5.75 Å². The molecule has 3 aliphatic rings. The molecule has 176 valence electrons. The molecular weight excluding hydrogens is 456 g/mol. The maximum absolute atomic E-state index is 14.9. The van der Waals surface area contributed by atoms with Crippen molar-refractivity contribution in [1.82, 2.24) is 14.9 Å². The van der Waals surface area contributed by atoms with Crippen molar-refractivity contribution < 1.29 is 31.8 Å². The van der Waals surface area contributed by atoms with E-state index < -0.39 is 35.6 Å². The lowest BCUT2D eigenvalue weighted by Crippen LogP contribution is -2.45. The molecule has 2 atom stereocenters. The highest BCUT2D eigenvalue weighted by Gasteiger charge is 2.46. The number of fused-ring (bicyclic) bond motifs is 6. The number of halogens is 4. The normalized spacial score (nSPS) is 21.2. The Morgan fingerprint density at radius 3 is 2.76 bits per heavy atom. The number of anilines is 1. The average Bonchev–Trinajstić information content (AvgIpc) is 3.43. The minimum Gasteiger partial charge on any atom is -0.487 e. The van der Waals surface area contributed by atoms with Crippen molar-refractivity contribution in [2.24, 2.45) is 0 Å². The molecule has 0 saturated carbocycles. The van der Waals surface area contributed by atoms with Gasteiger partial charge < -0.3 is 20.1 Å². The number of hydrogen-bond acceptors (Lipinski definition) is 6. The van der Waals surface area contributed by atoms with Crippen molar-refractivity contribution in [3.63, 3.8) is 0 Å². The predicted octanol–water partition coefficient (Wildman–Crippen LogP) is 4.14. The second-order valence-corrected chi connectivity index (χ2v) is 8.64. The SMILES string of the molecule is Nc1nc2cnc(C(=O)N3CCCC4Oc5cc(C(F)(F)F)cc(F)c5C43)cc2c2c1COC2. The summed E-state index contributed by atoms with van der Waals surface area (Å²) in [4.78, 5) is 23.6. The van der Waals surface area contributed by atoms with E-state index >= 15 is 0 Å². The highest BCUT2D eigenvalue weighted by Crippen LogP contribution is 2.48. The third-order valence-electron chi connectivity index (χ3n) is 6.66. The summed E-state index contributed by atoms with van der Waals surface area (Å²) in [5.74, 6) is -1.33. The minimum atomic E-state index is -4.71. The number of alkyl halides is 3. The number of pyridine rings is 2. The van der Waals surface area contributed by atoms with Gasteiger partial charge in [0.05, 0.1) is 36.1 Å². The van der Waals surface area contributed by atoms with Crippen molar-refractivity contribution in [2.45, 2.75) is 44.4 Å². The molecule has 0 aliphatic carbocycles. The Morgan fingerprint density at radius 2 is 1.97 bits per heavy atom. The topological polar surface area (TPSA) is 90.6 Å². The molecule has 2 aromatic heterocycles. The summed E-state index contributed by atoms with van der Waals surface area (Å²) in [6, 6.07) is 2.03. The molecule has 0 bridgehead atoms. The zero-order chi connectivity index (χ0) is 23.8. The average molecular weight is 474 g/mol. The van der Waals surface area contributed by atoms with Gasteiger partial charge in [-0.05, 0) is 36.6 Å². The van der Waals surface area contributed by atoms with Gasteiger partial charge in [0, 0.05) is 17.5 Å². The molecule has 2 unspecified atom stereocenters. The summed E-state index contributed by atoms with van der Waals surface area (Å²) in [5, 5.41) is 0.692. The smallest absolute Gasteiger partial charge is 0.416 e. The maximum atomic E-state index is 14.9. The van der Waals surface area contributed by atoms with Gasteiger partial charge in [0.1, 0.15) is 35.2 Å². The van der Waals surface area contributed by atoms with E-state index in [-0.39, 0.29) is 17.0 Å². The lowest BCUT2D eigenvalue weighted by molar-refractivity contribution is -0.137. The fraction of sp³-hybridized carbons (Fsp3) is 0.348. The molecule has 1 saturated heterocycles. The van der Waals surface area contributed by atoms with E-state index in [4.69, 9.17) is 15.2 Å². The van der Waals surface area contributed by atoms with Gasteiger partial charge in [-0.1, -0.05) is 0 Å². The Labute approximate surface area is 190 Å². The number of hydrogen-bond donors (Lipinski definition) is 1. The molecule has 0 spiro atoms. The number of likely N-dealkylation sites (tertiary alicyclic amines) is 1. The number of carbonyl (C=O) groups excluding carboxylic acids is 1. The number of nitrogens with two attached hydrogens (primary N) is 1. The Bertz CT molecular complexity index is 1360. The Balaban J connectivity index is 1.40. The molecule has 6 rings (SSSR count). The number of rotatable bonds is 1. The number of carbonyl (C=O) groups is 1. The van der Waals surface area contributed by atoms with Crippen LogP contribution in [0.4, 0.5) is 23.4 Å². The third kappa shape index (κ3) is 3.10. The summed E-state index contributed by atoms with van der Waals surface area (Å²) >= 11 is 0. The van der Waals surface area contributed by atoms with Gasteiger partial charge in [-0.25, -0.2) is 14.4 Å². The van der Waals surface area contributed by atoms with Gasteiger partial charge in [-0.3, -0.25) is 4.79 Å². The Hall–Kier alpha value is -3.47. The molecule has 3 aromatic rings. The molecule has 1 amide bonds. The monoisotopic (exact) mass is 474 g/mol. The molecule has 34 heavy (non-hydrogen) atoms. The lowest BCUT2D eigenvalue weighted by Gasteiger charge is -2.36. The number of ether oxygens (including phenoxy) is 2. The van der Waals surface area contributed by atoms with Crippen molar-refractivity contribution >= 4 is 22.6 Å². The first-order valence-electron chi connectivity index (χ1n) is 10.8. The van der Waals surface area contributed by atoms with Crippen LogP contribution in [0.3, 0.4) is 0 Å². The maximum Gasteiger partial charge on any atom is 0.416 e. The minimum absolute atomic E-state index is 0.0319. The molecule has 2 N–H and O–H groups in total. The number of nitrogen functional groups attached to an aromatic ring is 1. The van der Waals surface area contributed by atoms with Crippen LogP contribution in [0.25, 0.3) is 10.9 Å². The second kappa shape index (κ2) is 7.26. The molecular formula is C23H18F4N4O3. The first-order chi connectivity index (χ1) is 16.2. The summed E-state index contributed by atoms with van der Waals surface area (Å²) in [6.45, 7) is 0.960. The van der Waals surface area contributed by atoms with Gasteiger partial charge in [0.2, 0.25) is 0 Å². The Kier molecular flexibility index (Phi) is 4.50. The number of amides is 1. The molecule has 7 nitrogen and oxygen atoms in total. The van der Waals surface area contributed by atoms with Crippen LogP contribution in [0.1, 0.15) is 51.6 Å². The molecule has 11 heteroatoms. The van der Waals surface area contributed by atoms with E-state index in [2.05, 4.69) is 9.97 Å². The summed E-state index contributed by atoms with van der Waals surface area (Å²) in [6.07, 6.45) is -2.84. The van der Waals surface area contributed by atoms with E-state index in [9.17, 15) is 22.4 Å². The van der Waals surface area contributed by atoms with Gasteiger partial charge in [-0.15, -0.1) is 0 Å². The Morgan fingerprint density at radius 1 is 1.18 bits per heavy atom. The van der Waals surface area contributed by atoms with Crippen LogP contribution in [-0.4, -0.2) is 33.4 Å². The highest BCUT2D eigenvalue weighted by molar-refractivity contribution is 5.97. The van der Waals surface area contributed by atoms with Gasteiger partial charge in [-0.2, -0.15) is 13.2 Å². The van der Waals surface area contributed by atoms with Crippen LogP contribution in [-0.2, 0) is 24.1 Å². The fourth-order valence-electron chi connectivity index (χ4n) is 5.10. The van der Waals surface area contributed by atoms with Crippen molar-refractivity contribution in [1.29, 1.82) is 0 Å². The zero-order valence-electron chi connectivity index (χ0n) is 17.7. The van der Waals surface area contributed by atoms with Crippen molar-refractivity contribution in [2.75, 3.05) is 12.3 Å². The molecule has 0 radical (unpaired) electrons. The summed E-state index contributed by atoms with van der Waals surface area (Å²) in [7, 11) is 0. The van der Waals surface area contributed by atoms with Gasteiger partial charge >= 0.3 is 6.18 Å². The van der Waals surface area contributed by atoms with E-state index in [1.807, 2.05) is 0 Å². The number of nitrogens with zero attached hydrogens (tertiary/aromatic N) is 3. The number of benzene rings is 1. The quantitative estimate of drug-likeness (QED) is 0.534. The van der Waals surface area contributed by atoms with E-state index in [0.29, 0.717) is 55.4 Å².